The summed E-state index contributed by atoms with van der Waals surface area (Å²) in [6, 6.07) is 6.99. The van der Waals surface area contributed by atoms with E-state index in [-0.39, 0.29) is 5.41 Å². The van der Waals surface area contributed by atoms with Crippen LogP contribution >= 0.6 is 0 Å². The SMILES string of the molecule is C=CC1(CCN(C)S(=O)(=O)c2ccc(C)cc2)CC1. The molecule has 1 aliphatic rings. The van der Waals surface area contributed by atoms with Gasteiger partial charge in [0.05, 0.1) is 4.90 Å². The number of sulfonamides is 1. The van der Waals surface area contributed by atoms with Gasteiger partial charge in [0.15, 0.2) is 0 Å². The second-order valence-electron chi connectivity index (χ2n) is 5.46. The Bertz CT molecular complexity index is 556. The number of rotatable bonds is 6. The van der Waals surface area contributed by atoms with E-state index in [1.165, 1.54) is 4.31 Å². The van der Waals surface area contributed by atoms with E-state index in [4.69, 9.17) is 0 Å². The molecule has 0 aliphatic heterocycles. The molecule has 0 saturated heterocycles. The smallest absolute Gasteiger partial charge is 0.207 e. The van der Waals surface area contributed by atoms with Crippen LogP contribution in [0, 0.1) is 12.3 Å². The molecule has 0 bridgehead atoms. The molecule has 1 fully saturated rings. The van der Waals surface area contributed by atoms with Crippen molar-refractivity contribution in [1.29, 1.82) is 0 Å². The zero-order chi connectivity index (χ0) is 14.1. The predicted molar refractivity (Wildman–Crippen MR) is 77.5 cm³/mol. The minimum Gasteiger partial charge on any atom is -0.207 e. The van der Waals surface area contributed by atoms with Gasteiger partial charge < -0.3 is 0 Å². The van der Waals surface area contributed by atoms with E-state index in [9.17, 15) is 8.42 Å². The van der Waals surface area contributed by atoms with Gasteiger partial charge in [-0.15, -0.1) is 6.58 Å². The summed E-state index contributed by atoms with van der Waals surface area (Å²) < 4.78 is 26.2. The van der Waals surface area contributed by atoms with Gasteiger partial charge in [-0.25, -0.2) is 12.7 Å². The lowest BCUT2D eigenvalue weighted by Gasteiger charge is -2.19. The lowest BCUT2D eigenvalue weighted by Crippen LogP contribution is -2.29. The van der Waals surface area contributed by atoms with E-state index < -0.39 is 10.0 Å². The van der Waals surface area contributed by atoms with Gasteiger partial charge in [-0.2, -0.15) is 0 Å². The van der Waals surface area contributed by atoms with Gasteiger partial charge in [0.2, 0.25) is 10.0 Å². The maximum atomic E-state index is 12.4. The Morgan fingerprint density at radius 1 is 1.32 bits per heavy atom. The third-order valence-electron chi connectivity index (χ3n) is 3.98. The van der Waals surface area contributed by atoms with Crippen LogP contribution in [0.25, 0.3) is 0 Å². The van der Waals surface area contributed by atoms with Crippen LogP contribution < -0.4 is 0 Å². The summed E-state index contributed by atoms with van der Waals surface area (Å²) >= 11 is 0. The topological polar surface area (TPSA) is 37.4 Å². The fourth-order valence-electron chi connectivity index (χ4n) is 2.11. The Kier molecular flexibility index (Phi) is 3.83. The van der Waals surface area contributed by atoms with E-state index in [1.807, 2.05) is 25.1 Å². The maximum Gasteiger partial charge on any atom is 0.242 e. The first-order valence-corrected chi connectivity index (χ1v) is 8.00. The number of hydrogen-bond acceptors (Lipinski definition) is 2. The first-order valence-electron chi connectivity index (χ1n) is 6.56. The highest BCUT2D eigenvalue weighted by Gasteiger charge is 2.39. The number of allylic oxidation sites excluding steroid dienone is 1. The second kappa shape index (κ2) is 5.10. The predicted octanol–water partition coefficient (Wildman–Crippen LogP) is 2.97. The normalized spacial score (nSPS) is 17.4. The number of nitrogens with zero attached hydrogens (tertiary/aromatic N) is 1. The van der Waals surface area contributed by atoms with Crippen molar-refractivity contribution in [3.05, 3.63) is 42.5 Å². The highest BCUT2D eigenvalue weighted by molar-refractivity contribution is 7.89. The first-order chi connectivity index (χ1) is 8.89. The average molecular weight is 279 g/mol. The van der Waals surface area contributed by atoms with Gasteiger partial charge in [-0.05, 0) is 43.7 Å². The van der Waals surface area contributed by atoms with Crippen molar-refractivity contribution in [1.82, 2.24) is 4.31 Å². The van der Waals surface area contributed by atoms with Crippen molar-refractivity contribution in [2.24, 2.45) is 5.41 Å². The molecule has 1 aromatic rings. The van der Waals surface area contributed by atoms with Crippen LogP contribution in [0.3, 0.4) is 0 Å². The van der Waals surface area contributed by atoms with Crippen molar-refractivity contribution in [3.8, 4) is 0 Å². The molecule has 0 amide bonds. The second-order valence-corrected chi connectivity index (χ2v) is 7.50. The van der Waals surface area contributed by atoms with Crippen LogP contribution in [-0.4, -0.2) is 26.3 Å². The fraction of sp³-hybridized carbons (Fsp3) is 0.467. The Morgan fingerprint density at radius 3 is 2.37 bits per heavy atom. The van der Waals surface area contributed by atoms with E-state index in [1.54, 1.807) is 19.2 Å². The van der Waals surface area contributed by atoms with E-state index >= 15 is 0 Å². The van der Waals surface area contributed by atoms with Crippen LogP contribution in [0.4, 0.5) is 0 Å². The van der Waals surface area contributed by atoms with E-state index in [0.717, 1.165) is 24.8 Å². The Balaban J connectivity index is 2.06. The lowest BCUT2D eigenvalue weighted by molar-refractivity contribution is 0.425. The van der Waals surface area contributed by atoms with Gasteiger partial charge in [0, 0.05) is 13.6 Å². The van der Waals surface area contributed by atoms with Gasteiger partial charge >= 0.3 is 0 Å². The number of benzene rings is 1. The number of aryl methyl sites for hydroxylation is 1. The molecule has 0 aromatic heterocycles. The maximum absolute atomic E-state index is 12.4. The Morgan fingerprint density at radius 2 is 1.89 bits per heavy atom. The fourth-order valence-corrected chi connectivity index (χ4v) is 3.28. The molecule has 0 heterocycles. The molecular formula is C15H21NO2S. The van der Waals surface area contributed by atoms with Crippen molar-refractivity contribution in [2.75, 3.05) is 13.6 Å². The van der Waals surface area contributed by atoms with Crippen molar-refractivity contribution < 1.29 is 8.42 Å². The van der Waals surface area contributed by atoms with Crippen molar-refractivity contribution in [2.45, 2.75) is 31.1 Å². The summed E-state index contributed by atoms with van der Waals surface area (Å²) in [4.78, 5) is 0.365. The van der Waals surface area contributed by atoms with E-state index in [0.29, 0.717) is 11.4 Å². The lowest BCUT2D eigenvalue weighted by atomic mass is 10.0. The summed E-state index contributed by atoms with van der Waals surface area (Å²) in [6.45, 7) is 6.32. The molecule has 0 radical (unpaired) electrons. The molecule has 1 saturated carbocycles. The summed E-state index contributed by atoms with van der Waals surface area (Å²) in [5.74, 6) is 0. The largest absolute Gasteiger partial charge is 0.242 e. The zero-order valence-electron chi connectivity index (χ0n) is 11.6. The molecule has 104 valence electrons. The summed E-state index contributed by atoms with van der Waals surface area (Å²) in [7, 11) is -1.71. The molecule has 4 heteroatoms. The van der Waals surface area contributed by atoms with Gasteiger partial charge in [0.25, 0.3) is 0 Å². The standard InChI is InChI=1S/C15H21NO2S/c1-4-15(9-10-15)11-12-16(3)19(17,18)14-7-5-13(2)6-8-14/h4-8H,1,9-12H2,2-3H3. The molecule has 1 aliphatic carbocycles. The third-order valence-corrected chi connectivity index (χ3v) is 5.85. The molecule has 0 atom stereocenters. The summed E-state index contributed by atoms with van der Waals surface area (Å²) in [5.41, 5.74) is 1.25. The van der Waals surface area contributed by atoms with Crippen molar-refractivity contribution >= 4 is 10.0 Å². The van der Waals surface area contributed by atoms with Crippen LogP contribution in [-0.2, 0) is 10.0 Å². The Hall–Kier alpha value is -1.13. The molecule has 19 heavy (non-hydrogen) atoms. The van der Waals surface area contributed by atoms with Crippen LogP contribution in [0.1, 0.15) is 24.8 Å². The van der Waals surface area contributed by atoms with E-state index in [2.05, 4.69) is 6.58 Å². The van der Waals surface area contributed by atoms with Gasteiger partial charge in [0.1, 0.15) is 0 Å². The first kappa shape index (κ1) is 14.3. The molecule has 2 rings (SSSR count). The van der Waals surface area contributed by atoms with Crippen LogP contribution in [0.2, 0.25) is 0 Å². The monoisotopic (exact) mass is 279 g/mol. The molecule has 1 aromatic carbocycles. The minimum absolute atomic E-state index is 0.192. The van der Waals surface area contributed by atoms with Crippen LogP contribution in [0.15, 0.2) is 41.8 Å². The van der Waals surface area contributed by atoms with Gasteiger partial charge in [-0.3, -0.25) is 0 Å². The minimum atomic E-state index is -3.36. The van der Waals surface area contributed by atoms with Crippen LogP contribution in [0.5, 0.6) is 0 Å². The Labute approximate surface area is 116 Å². The molecule has 3 nitrogen and oxygen atoms in total. The zero-order valence-corrected chi connectivity index (χ0v) is 12.4. The molecular weight excluding hydrogens is 258 g/mol. The molecule has 0 unspecified atom stereocenters. The third kappa shape index (κ3) is 3.07. The summed E-state index contributed by atoms with van der Waals surface area (Å²) in [5, 5.41) is 0. The van der Waals surface area contributed by atoms with Crippen molar-refractivity contribution in [3.63, 3.8) is 0 Å². The number of hydrogen-bond donors (Lipinski definition) is 0. The highest BCUT2D eigenvalue weighted by Crippen LogP contribution is 2.49. The summed E-state index contributed by atoms with van der Waals surface area (Å²) in [6.07, 6.45) is 5.10. The highest BCUT2D eigenvalue weighted by atomic mass is 32.2. The molecule has 0 N–H and O–H groups in total. The van der Waals surface area contributed by atoms with Gasteiger partial charge in [-0.1, -0.05) is 23.8 Å². The molecule has 0 spiro atoms. The average Bonchev–Trinajstić information content (AvgIpc) is 3.17. The quantitative estimate of drug-likeness (QED) is 0.751.